The Morgan fingerprint density at radius 3 is 2.54 bits per heavy atom. The molecule has 2 atom stereocenters. The molecule has 28 heavy (non-hydrogen) atoms. The second-order valence-corrected chi connectivity index (χ2v) is 8.31. The molecule has 1 N–H and O–H groups in total. The lowest BCUT2D eigenvalue weighted by Crippen LogP contribution is -2.52. The largest absolute Gasteiger partial charge is 0.534 e. The van der Waals surface area contributed by atoms with E-state index in [0.717, 1.165) is 17.0 Å². The Bertz CT molecular complexity index is 919. The number of rotatable bonds is 3. The average Bonchev–Trinajstić information content (AvgIpc) is 3.10. The first kappa shape index (κ1) is 20.2. The summed E-state index contributed by atoms with van der Waals surface area (Å²) in [5, 5.41) is 9.72. The monoisotopic (exact) mass is 422 g/mol. The third-order valence-electron chi connectivity index (χ3n) is 5.15. The van der Waals surface area contributed by atoms with Crippen LogP contribution < -0.4 is 4.18 Å². The molecule has 154 valence electrons. The van der Waals surface area contributed by atoms with E-state index in [1.54, 1.807) is 7.05 Å². The number of carboxylic acid groups (broad SMARTS) is 1. The van der Waals surface area contributed by atoms with E-state index in [1.807, 2.05) is 0 Å². The minimum Gasteiger partial charge on any atom is -0.465 e. The number of benzene rings is 1. The van der Waals surface area contributed by atoms with E-state index < -0.39 is 39.0 Å². The Labute approximate surface area is 158 Å². The van der Waals surface area contributed by atoms with Crippen molar-refractivity contribution in [3.8, 4) is 5.75 Å². The molecule has 0 saturated carbocycles. The van der Waals surface area contributed by atoms with Crippen LogP contribution in [0.4, 0.5) is 18.0 Å². The van der Waals surface area contributed by atoms with E-state index in [1.165, 1.54) is 17.0 Å². The van der Waals surface area contributed by atoms with Crippen LogP contribution in [0.3, 0.4) is 0 Å². The second kappa shape index (κ2) is 6.54. The molecule has 2 heterocycles. The molecule has 8 nitrogen and oxygen atoms in total. The number of carbonyl (C=O) groups excluding carboxylic acids is 1. The molecule has 1 aromatic rings. The van der Waals surface area contributed by atoms with Gasteiger partial charge in [0, 0.05) is 13.6 Å². The highest BCUT2D eigenvalue weighted by molar-refractivity contribution is 7.88. The quantitative estimate of drug-likeness (QED) is 0.592. The zero-order chi connectivity index (χ0) is 20.9. The molecule has 2 saturated heterocycles. The van der Waals surface area contributed by atoms with Crippen molar-refractivity contribution in [2.45, 2.75) is 36.4 Å². The number of carbonyl (C=O) groups is 2. The van der Waals surface area contributed by atoms with Crippen molar-refractivity contribution in [2.75, 3.05) is 13.6 Å². The van der Waals surface area contributed by atoms with Gasteiger partial charge in [-0.1, -0.05) is 12.1 Å². The molecule has 0 aliphatic carbocycles. The van der Waals surface area contributed by atoms with Crippen molar-refractivity contribution < 1.29 is 40.5 Å². The molecule has 0 radical (unpaired) electrons. The molecular formula is C16H17F3N2O6S. The molecule has 1 spiro atoms. The van der Waals surface area contributed by atoms with Gasteiger partial charge in [0.25, 0.3) is 0 Å². The smallest absolute Gasteiger partial charge is 0.465 e. The van der Waals surface area contributed by atoms with Crippen LogP contribution >= 0.6 is 0 Å². The lowest BCUT2D eigenvalue weighted by atomic mass is 9.94. The number of hydrogen-bond donors (Lipinski definition) is 1. The van der Waals surface area contributed by atoms with E-state index >= 15 is 0 Å². The van der Waals surface area contributed by atoms with Crippen LogP contribution in [0.15, 0.2) is 24.3 Å². The van der Waals surface area contributed by atoms with Crippen molar-refractivity contribution >= 4 is 22.1 Å². The van der Waals surface area contributed by atoms with Gasteiger partial charge >= 0.3 is 21.7 Å². The minimum absolute atomic E-state index is 0.247. The predicted octanol–water partition coefficient (Wildman–Crippen LogP) is 2.33. The first-order chi connectivity index (χ1) is 12.9. The van der Waals surface area contributed by atoms with Crippen LogP contribution in [-0.2, 0) is 14.9 Å². The highest BCUT2D eigenvalue weighted by Crippen LogP contribution is 2.48. The fraction of sp³-hybridized carbons (Fsp3) is 0.500. The maximum absolute atomic E-state index is 12.6. The standard InChI is InChI=1S/C16H17F3N2O6S/c1-20-8-7-15(13(20)22)6-5-12(21(15)14(23)24)10-3-2-4-11(9-10)27-28(25,26)16(17,18)19/h2-4,9,12H,5-8H2,1H3,(H,23,24)/t12-,15-/m1/s1. The first-order valence-corrected chi connectivity index (χ1v) is 9.68. The number of halogens is 3. The normalized spacial score (nSPS) is 25.6. The fourth-order valence-electron chi connectivity index (χ4n) is 3.87. The molecular weight excluding hydrogens is 405 g/mol. The van der Waals surface area contributed by atoms with Crippen molar-refractivity contribution in [2.24, 2.45) is 0 Å². The maximum Gasteiger partial charge on any atom is 0.534 e. The summed E-state index contributed by atoms with van der Waals surface area (Å²) in [6.07, 6.45) is -0.495. The van der Waals surface area contributed by atoms with E-state index in [4.69, 9.17) is 0 Å². The van der Waals surface area contributed by atoms with Gasteiger partial charge < -0.3 is 14.2 Å². The number of hydrogen-bond acceptors (Lipinski definition) is 5. The third kappa shape index (κ3) is 3.15. The molecule has 2 fully saturated rings. The summed E-state index contributed by atoms with van der Waals surface area (Å²) < 4.78 is 64.1. The number of alkyl halides is 3. The van der Waals surface area contributed by atoms with Crippen LogP contribution in [0.1, 0.15) is 30.9 Å². The van der Waals surface area contributed by atoms with Gasteiger partial charge in [-0.3, -0.25) is 9.69 Å². The number of likely N-dealkylation sites (tertiary alicyclic amines) is 2. The highest BCUT2D eigenvalue weighted by atomic mass is 32.2. The lowest BCUT2D eigenvalue weighted by Gasteiger charge is -2.34. The SMILES string of the molecule is CN1CC[C@]2(CC[C@H](c3cccc(OS(=O)(=O)C(F)(F)F)c3)N2C(=O)O)C1=O. The molecule has 0 unspecified atom stereocenters. The summed E-state index contributed by atoms with van der Waals surface area (Å²) in [5.41, 5.74) is -6.56. The Balaban J connectivity index is 1.94. The zero-order valence-electron chi connectivity index (χ0n) is 14.6. The van der Waals surface area contributed by atoms with Gasteiger partial charge in [-0.15, -0.1) is 0 Å². The molecule has 3 rings (SSSR count). The van der Waals surface area contributed by atoms with Crippen LogP contribution in [0.25, 0.3) is 0 Å². The Morgan fingerprint density at radius 1 is 1.32 bits per heavy atom. The van der Waals surface area contributed by atoms with Crippen molar-refractivity contribution in [1.82, 2.24) is 9.80 Å². The molecule has 1 aromatic carbocycles. The van der Waals surface area contributed by atoms with Gasteiger partial charge in [0.2, 0.25) is 5.91 Å². The second-order valence-electron chi connectivity index (χ2n) is 6.77. The Morgan fingerprint density at radius 2 is 2.00 bits per heavy atom. The Hall–Kier alpha value is -2.50. The molecule has 0 aromatic heterocycles. The van der Waals surface area contributed by atoms with Gasteiger partial charge in [0.1, 0.15) is 11.3 Å². The van der Waals surface area contributed by atoms with Gasteiger partial charge in [-0.2, -0.15) is 21.6 Å². The predicted molar refractivity (Wildman–Crippen MR) is 88.9 cm³/mol. The molecule has 2 amide bonds. The van der Waals surface area contributed by atoms with Crippen LogP contribution in [0.5, 0.6) is 5.75 Å². The summed E-state index contributed by atoms with van der Waals surface area (Å²) in [7, 11) is -4.28. The summed E-state index contributed by atoms with van der Waals surface area (Å²) in [6, 6.07) is 3.98. The fourth-order valence-corrected chi connectivity index (χ4v) is 4.33. The summed E-state index contributed by atoms with van der Waals surface area (Å²) in [6.45, 7) is 0.391. The van der Waals surface area contributed by atoms with E-state index in [9.17, 15) is 36.3 Å². The summed E-state index contributed by atoms with van der Waals surface area (Å²) in [4.78, 5) is 27.0. The maximum atomic E-state index is 12.6. The number of amides is 2. The Kier molecular flexibility index (Phi) is 4.72. The van der Waals surface area contributed by atoms with Gasteiger partial charge in [-0.25, -0.2) is 4.79 Å². The first-order valence-electron chi connectivity index (χ1n) is 8.27. The van der Waals surface area contributed by atoms with Crippen LogP contribution in [0, 0.1) is 0 Å². The van der Waals surface area contributed by atoms with E-state index in [-0.39, 0.29) is 24.3 Å². The molecule has 12 heteroatoms. The van der Waals surface area contributed by atoms with Crippen LogP contribution in [-0.4, -0.2) is 60.0 Å². The molecule has 0 bridgehead atoms. The van der Waals surface area contributed by atoms with E-state index in [0.29, 0.717) is 13.0 Å². The lowest BCUT2D eigenvalue weighted by molar-refractivity contribution is -0.135. The summed E-state index contributed by atoms with van der Waals surface area (Å²) >= 11 is 0. The van der Waals surface area contributed by atoms with Gasteiger partial charge in [-0.05, 0) is 37.0 Å². The topological polar surface area (TPSA) is 104 Å². The number of likely N-dealkylation sites (N-methyl/N-ethyl adjacent to an activating group) is 1. The molecule has 2 aliphatic rings. The van der Waals surface area contributed by atoms with Crippen molar-refractivity contribution in [3.63, 3.8) is 0 Å². The van der Waals surface area contributed by atoms with E-state index in [2.05, 4.69) is 4.18 Å². The zero-order valence-corrected chi connectivity index (χ0v) is 15.5. The van der Waals surface area contributed by atoms with Gasteiger partial charge in [0.15, 0.2) is 0 Å². The molecule has 2 aliphatic heterocycles. The van der Waals surface area contributed by atoms with Crippen molar-refractivity contribution in [1.29, 1.82) is 0 Å². The minimum atomic E-state index is -5.85. The van der Waals surface area contributed by atoms with Crippen LogP contribution in [0.2, 0.25) is 0 Å². The third-order valence-corrected chi connectivity index (χ3v) is 6.13. The average molecular weight is 422 g/mol. The number of nitrogens with zero attached hydrogens (tertiary/aromatic N) is 2. The van der Waals surface area contributed by atoms with Gasteiger partial charge in [0.05, 0.1) is 6.04 Å². The van der Waals surface area contributed by atoms with Crippen molar-refractivity contribution in [3.05, 3.63) is 29.8 Å². The highest BCUT2D eigenvalue weighted by Gasteiger charge is 2.58. The summed E-state index contributed by atoms with van der Waals surface area (Å²) in [5.74, 6) is -0.916.